The van der Waals surface area contributed by atoms with Crippen LogP contribution in [0.3, 0.4) is 0 Å². The van der Waals surface area contributed by atoms with Crippen molar-refractivity contribution in [2.24, 2.45) is 0 Å². The average Bonchev–Trinajstić information content (AvgIpc) is 2.63. The van der Waals surface area contributed by atoms with Crippen molar-refractivity contribution < 1.29 is 9.59 Å². The van der Waals surface area contributed by atoms with E-state index < -0.39 is 0 Å². The van der Waals surface area contributed by atoms with E-state index in [1.165, 1.54) is 6.20 Å². The Bertz CT molecular complexity index is 762. The number of pyridine rings is 1. The number of carbonyl (C=O) groups is 2. The Kier molecular flexibility index (Phi) is 5.46. The monoisotopic (exact) mass is 351 g/mol. The maximum Gasteiger partial charge on any atom is 0.242 e. The Morgan fingerprint density at radius 1 is 0.667 bits per heavy atom. The smallest absolute Gasteiger partial charge is 0.242 e. The van der Waals surface area contributed by atoms with Crippen molar-refractivity contribution in [1.82, 2.24) is 4.98 Å². The number of benzene rings is 2. The Morgan fingerprint density at radius 2 is 1.21 bits per heavy atom. The maximum absolute atomic E-state index is 12.2. The van der Waals surface area contributed by atoms with Crippen molar-refractivity contribution in [3.8, 4) is 0 Å². The Labute approximate surface area is 148 Å². The summed E-state index contributed by atoms with van der Waals surface area (Å²) in [6.45, 7) is 0. The Morgan fingerprint density at radius 3 is 1.71 bits per heavy atom. The van der Waals surface area contributed by atoms with Gasteiger partial charge < -0.3 is 0 Å². The molecular formula is C19H13NO2S2. The molecule has 0 aliphatic rings. The molecule has 0 unspecified atom stereocenters. The van der Waals surface area contributed by atoms with Crippen LogP contribution in [0, 0.1) is 0 Å². The van der Waals surface area contributed by atoms with Crippen LogP contribution in [0.25, 0.3) is 0 Å². The molecule has 0 aliphatic carbocycles. The molecule has 3 rings (SSSR count). The SMILES string of the molecule is O=C(Sc1ccccc1)c1ccc(C(=O)Sc2ccccc2)nc1. The van der Waals surface area contributed by atoms with Gasteiger partial charge in [-0.1, -0.05) is 36.4 Å². The lowest BCUT2D eigenvalue weighted by molar-refractivity contribution is 0.107. The molecule has 1 aromatic heterocycles. The molecule has 5 heteroatoms. The second-order valence-corrected chi connectivity index (χ2v) is 6.93. The van der Waals surface area contributed by atoms with Crippen molar-refractivity contribution in [3.05, 3.63) is 90.3 Å². The van der Waals surface area contributed by atoms with Gasteiger partial charge in [0.05, 0.1) is 0 Å². The molecule has 0 bridgehead atoms. The lowest BCUT2D eigenvalue weighted by Gasteiger charge is -2.03. The number of rotatable bonds is 4. The molecule has 118 valence electrons. The number of carbonyl (C=O) groups excluding carboxylic acids is 2. The molecule has 2 aromatic carbocycles. The molecule has 0 amide bonds. The fourth-order valence-corrected chi connectivity index (χ4v) is 3.42. The molecule has 0 aliphatic heterocycles. The second kappa shape index (κ2) is 7.95. The van der Waals surface area contributed by atoms with E-state index in [0.29, 0.717) is 11.3 Å². The first-order chi connectivity index (χ1) is 11.7. The van der Waals surface area contributed by atoms with Crippen molar-refractivity contribution in [1.29, 1.82) is 0 Å². The molecule has 0 spiro atoms. The van der Waals surface area contributed by atoms with Gasteiger partial charge in [-0.3, -0.25) is 14.6 Å². The minimum absolute atomic E-state index is 0.0941. The molecule has 24 heavy (non-hydrogen) atoms. The van der Waals surface area contributed by atoms with Crippen LogP contribution >= 0.6 is 23.5 Å². The maximum atomic E-state index is 12.2. The summed E-state index contributed by atoms with van der Waals surface area (Å²) in [5.74, 6) is 0. The van der Waals surface area contributed by atoms with Crippen LogP contribution in [-0.2, 0) is 0 Å². The standard InChI is InChI=1S/C19H13NO2S2/c21-18(23-15-7-3-1-4-8-15)14-11-12-17(20-13-14)19(22)24-16-9-5-2-6-10-16/h1-13H. The highest BCUT2D eigenvalue weighted by Gasteiger charge is 2.12. The van der Waals surface area contributed by atoms with E-state index in [0.717, 1.165) is 33.3 Å². The minimum Gasteiger partial charge on any atom is -0.281 e. The summed E-state index contributed by atoms with van der Waals surface area (Å²) in [7, 11) is 0. The summed E-state index contributed by atoms with van der Waals surface area (Å²) >= 11 is 2.27. The summed E-state index contributed by atoms with van der Waals surface area (Å²) in [6, 6.07) is 22.1. The van der Waals surface area contributed by atoms with E-state index in [-0.39, 0.29) is 10.2 Å². The van der Waals surface area contributed by atoms with Crippen LogP contribution in [0.15, 0.2) is 88.8 Å². The third-order valence-electron chi connectivity index (χ3n) is 3.12. The Hall–Kier alpha value is -2.37. The average molecular weight is 351 g/mol. The number of hydrogen-bond donors (Lipinski definition) is 0. The van der Waals surface area contributed by atoms with Crippen LogP contribution < -0.4 is 0 Å². The van der Waals surface area contributed by atoms with Crippen LogP contribution in [-0.4, -0.2) is 15.2 Å². The van der Waals surface area contributed by atoms with E-state index in [1.54, 1.807) is 12.1 Å². The number of hydrogen-bond acceptors (Lipinski definition) is 5. The lowest BCUT2D eigenvalue weighted by atomic mass is 10.3. The minimum atomic E-state index is -0.143. The molecule has 0 saturated heterocycles. The highest BCUT2D eigenvalue weighted by molar-refractivity contribution is 8.14. The van der Waals surface area contributed by atoms with Gasteiger partial charge in [0, 0.05) is 21.6 Å². The lowest BCUT2D eigenvalue weighted by Crippen LogP contribution is -2.00. The van der Waals surface area contributed by atoms with Gasteiger partial charge in [-0.15, -0.1) is 0 Å². The van der Waals surface area contributed by atoms with Gasteiger partial charge in [0.1, 0.15) is 5.69 Å². The Balaban J connectivity index is 1.66. The molecule has 3 aromatic rings. The topological polar surface area (TPSA) is 47.0 Å². The first-order valence-electron chi connectivity index (χ1n) is 7.23. The molecular weight excluding hydrogens is 338 g/mol. The molecule has 0 atom stereocenters. The molecule has 0 fully saturated rings. The van der Waals surface area contributed by atoms with Gasteiger partial charge >= 0.3 is 0 Å². The normalized spacial score (nSPS) is 10.3. The molecule has 0 N–H and O–H groups in total. The summed E-state index contributed by atoms with van der Waals surface area (Å²) in [5, 5.41) is -0.237. The molecule has 0 saturated carbocycles. The summed E-state index contributed by atoms with van der Waals surface area (Å²) in [6.07, 6.45) is 1.46. The number of nitrogens with zero attached hydrogens (tertiary/aromatic N) is 1. The van der Waals surface area contributed by atoms with Gasteiger partial charge in [-0.25, -0.2) is 0 Å². The van der Waals surface area contributed by atoms with E-state index in [1.807, 2.05) is 60.7 Å². The molecule has 1 heterocycles. The van der Waals surface area contributed by atoms with Crippen molar-refractivity contribution in [2.75, 3.05) is 0 Å². The third kappa shape index (κ3) is 4.34. The van der Waals surface area contributed by atoms with Gasteiger partial charge in [0.15, 0.2) is 0 Å². The summed E-state index contributed by atoms with van der Waals surface area (Å²) in [5.41, 5.74) is 0.815. The summed E-state index contributed by atoms with van der Waals surface area (Å²) in [4.78, 5) is 30.3. The predicted molar refractivity (Wildman–Crippen MR) is 97.5 cm³/mol. The van der Waals surface area contributed by atoms with Crippen molar-refractivity contribution in [3.63, 3.8) is 0 Å². The largest absolute Gasteiger partial charge is 0.281 e. The fourth-order valence-electron chi connectivity index (χ4n) is 1.94. The fraction of sp³-hybridized carbons (Fsp3) is 0. The highest BCUT2D eigenvalue weighted by Crippen LogP contribution is 2.24. The predicted octanol–water partition coefficient (Wildman–Crippen LogP) is 4.95. The van der Waals surface area contributed by atoms with Gasteiger partial charge in [-0.2, -0.15) is 0 Å². The quantitative estimate of drug-likeness (QED) is 0.623. The first kappa shape index (κ1) is 16.5. The van der Waals surface area contributed by atoms with Crippen molar-refractivity contribution >= 4 is 33.8 Å². The van der Waals surface area contributed by atoms with Crippen molar-refractivity contribution in [2.45, 2.75) is 9.79 Å². The van der Waals surface area contributed by atoms with Gasteiger partial charge in [-0.05, 0) is 59.9 Å². The van der Waals surface area contributed by atoms with Gasteiger partial charge in [0.2, 0.25) is 10.2 Å². The first-order valence-corrected chi connectivity index (χ1v) is 8.86. The zero-order valence-electron chi connectivity index (χ0n) is 12.6. The van der Waals surface area contributed by atoms with E-state index >= 15 is 0 Å². The van der Waals surface area contributed by atoms with E-state index in [2.05, 4.69) is 4.98 Å². The van der Waals surface area contributed by atoms with Crippen LogP contribution in [0.5, 0.6) is 0 Å². The van der Waals surface area contributed by atoms with Gasteiger partial charge in [0.25, 0.3) is 0 Å². The number of aromatic nitrogens is 1. The van der Waals surface area contributed by atoms with E-state index in [4.69, 9.17) is 0 Å². The second-order valence-electron chi connectivity index (χ2n) is 4.84. The third-order valence-corrected chi connectivity index (χ3v) is 4.95. The van der Waals surface area contributed by atoms with Crippen LogP contribution in [0.1, 0.15) is 20.8 Å². The zero-order chi connectivity index (χ0) is 16.8. The summed E-state index contributed by atoms with van der Waals surface area (Å²) < 4.78 is 0. The van der Waals surface area contributed by atoms with Crippen LogP contribution in [0.4, 0.5) is 0 Å². The van der Waals surface area contributed by atoms with E-state index in [9.17, 15) is 9.59 Å². The molecule has 3 nitrogen and oxygen atoms in total. The molecule has 0 radical (unpaired) electrons. The van der Waals surface area contributed by atoms with Crippen LogP contribution in [0.2, 0.25) is 0 Å². The zero-order valence-corrected chi connectivity index (χ0v) is 14.2. The highest BCUT2D eigenvalue weighted by atomic mass is 32.2. The number of thioether (sulfide) groups is 2.